The normalized spacial score (nSPS) is 25.1. The first-order chi connectivity index (χ1) is 8.43. The van der Waals surface area contributed by atoms with Gasteiger partial charge in [0, 0.05) is 25.9 Å². The summed E-state index contributed by atoms with van der Waals surface area (Å²) < 4.78 is 8.15. The van der Waals surface area contributed by atoms with E-state index in [0.717, 1.165) is 32.2 Å². The topological polar surface area (TPSA) is 39.1 Å². The Kier molecular flexibility index (Phi) is 3.43. The lowest BCUT2D eigenvalue weighted by atomic mass is 10.1. The molecule has 94 valence electrons. The fourth-order valence-electron chi connectivity index (χ4n) is 2.95. The number of imidazole rings is 1. The molecule has 2 heterocycles. The van der Waals surface area contributed by atoms with Crippen LogP contribution < -0.4 is 5.32 Å². The molecule has 1 atom stereocenters. The predicted octanol–water partition coefficient (Wildman–Crippen LogP) is 1.73. The van der Waals surface area contributed by atoms with E-state index in [-0.39, 0.29) is 0 Å². The summed E-state index contributed by atoms with van der Waals surface area (Å²) in [6.07, 6.45) is 9.38. The third-order valence-electron chi connectivity index (χ3n) is 3.96. The van der Waals surface area contributed by atoms with Crippen molar-refractivity contribution in [2.24, 2.45) is 5.92 Å². The Morgan fingerprint density at radius 2 is 2.24 bits per heavy atom. The van der Waals surface area contributed by atoms with E-state index < -0.39 is 0 Å². The molecule has 0 saturated heterocycles. The molecule has 1 aliphatic carbocycles. The van der Waals surface area contributed by atoms with Gasteiger partial charge in [-0.3, -0.25) is 0 Å². The fourth-order valence-corrected chi connectivity index (χ4v) is 2.95. The second-order valence-corrected chi connectivity index (χ2v) is 5.26. The molecule has 0 amide bonds. The van der Waals surface area contributed by atoms with Gasteiger partial charge in [0.1, 0.15) is 0 Å². The molecule has 17 heavy (non-hydrogen) atoms. The second-order valence-electron chi connectivity index (χ2n) is 5.26. The van der Waals surface area contributed by atoms with Gasteiger partial charge in [0.05, 0.1) is 24.7 Å². The third-order valence-corrected chi connectivity index (χ3v) is 3.96. The predicted molar refractivity (Wildman–Crippen MR) is 65.7 cm³/mol. The molecule has 1 saturated carbocycles. The van der Waals surface area contributed by atoms with Crippen LogP contribution in [-0.2, 0) is 11.3 Å². The van der Waals surface area contributed by atoms with E-state index >= 15 is 0 Å². The molecule has 1 aromatic rings. The first-order valence-corrected chi connectivity index (χ1v) is 6.72. The average molecular weight is 235 g/mol. The molecule has 4 nitrogen and oxygen atoms in total. The number of ether oxygens (including phenoxy) is 1. The van der Waals surface area contributed by atoms with Gasteiger partial charge in [0.2, 0.25) is 0 Å². The van der Waals surface area contributed by atoms with Crippen molar-refractivity contribution < 1.29 is 4.74 Å². The Hall–Kier alpha value is -0.870. The number of rotatable bonds is 4. The number of nitrogens with one attached hydrogen (secondary N) is 1. The van der Waals surface area contributed by atoms with Crippen LogP contribution in [0.3, 0.4) is 0 Å². The Morgan fingerprint density at radius 1 is 1.35 bits per heavy atom. The van der Waals surface area contributed by atoms with E-state index in [0.29, 0.717) is 6.04 Å². The van der Waals surface area contributed by atoms with E-state index in [9.17, 15) is 0 Å². The summed E-state index contributed by atoms with van der Waals surface area (Å²) in [6, 6.07) is 0.419. The lowest BCUT2D eigenvalue weighted by molar-refractivity contribution is 0.0714. The minimum Gasteiger partial charge on any atom is -0.379 e. The zero-order valence-electron chi connectivity index (χ0n) is 10.3. The van der Waals surface area contributed by atoms with Gasteiger partial charge in [-0.25, -0.2) is 4.98 Å². The maximum atomic E-state index is 5.89. The molecule has 0 aromatic carbocycles. The maximum absolute atomic E-state index is 5.89. The van der Waals surface area contributed by atoms with Gasteiger partial charge in [-0.1, -0.05) is 12.8 Å². The number of fused-ring (bicyclic) bond motifs is 1. The lowest BCUT2D eigenvalue weighted by Crippen LogP contribution is -2.35. The highest BCUT2D eigenvalue weighted by atomic mass is 16.5. The zero-order chi connectivity index (χ0) is 11.5. The zero-order valence-corrected chi connectivity index (χ0v) is 10.3. The second kappa shape index (κ2) is 5.19. The molecule has 1 aliphatic heterocycles. The van der Waals surface area contributed by atoms with Crippen LogP contribution in [0.5, 0.6) is 0 Å². The number of nitrogens with zero attached hydrogens (tertiary/aromatic N) is 2. The summed E-state index contributed by atoms with van der Waals surface area (Å²) in [7, 11) is 0. The van der Waals surface area contributed by atoms with Crippen LogP contribution in [0.1, 0.15) is 37.4 Å². The number of aromatic nitrogens is 2. The summed E-state index contributed by atoms with van der Waals surface area (Å²) in [5, 5.41) is 3.41. The molecule has 0 unspecified atom stereocenters. The molecule has 1 N–H and O–H groups in total. The van der Waals surface area contributed by atoms with Crippen LogP contribution in [-0.4, -0.2) is 29.3 Å². The molecule has 3 rings (SSSR count). The molecule has 2 aliphatic rings. The lowest BCUT2D eigenvalue weighted by Gasteiger charge is -2.26. The Morgan fingerprint density at radius 3 is 3.12 bits per heavy atom. The number of hydrogen-bond acceptors (Lipinski definition) is 3. The third kappa shape index (κ3) is 2.53. The van der Waals surface area contributed by atoms with E-state index in [4.69, 9.17) is 4.74 Å². The highest BCUT2D eigenvalue weighted by Gasteiger charge is 2.20. The molecular weight excluding hydrogens is 214 g/mol. The van der Waals surface area contributed by atoms with Crippen LogP contribution in [0.15, 0.2) is 12.5 Å². The van der Waals surface area contributed by atoms with Crippen LogP contribution >= 0.6 is 0 Å². The van der Waals surface area contributed by atoms with Crippen molar-refractivity contribution >= 4 is 0 Å². The van der Waals surface area contributed by atoms with Gasteiger partial charge < -0.3 is 14.6 Å². The van der Waals surface area contributed by atoms with Gasteiger partial charge in [-0.15, -0.1) is 0 Å². The molecule has 0 radical (unpaired) electrons. The van der Waals surface area contributed by atoms with Gasteiger partial charge >= 0.3 is 0 Å². The quantitative estimate of drug-likeness (QED) is 0.864. The van der Waals surface area contributed by atoms with Gasteiger partial charge in [0.15, 0.2) is 0 Å². The SMILES string of the molecule is c1ncn2c1CNC[C@@H]2COCC1CCCC1. The fraction of sp³-hybridized carbons (Fsp3) is 0.769. The van der Waals surface area contributed by atoms with Crippen molar-refractivity contribution in [2.45, 2.75) is 38.3 Å². The molecule has 0 bridgehead atoms. The van der Waals surface area contributed by atoms with E-state index in [1.165, 1.54) is 31.4 Å². The van der Waals surface area contributed by atoms with Crippen molar-refractivity contribution in [1.82, 2.24) is 14.9 Å². The van der Waals surface area contributed by atoms with Gasteiger partial charge in [-0.2, -0.15) is 0 Å². The summed E-state index contributed by atoms with van der Waals surface area (Å²) in [5.74, 6) is 0.814. The number of hydrogen-bond donors (Lipinski definition) is 1. The maximum Gasteiger partial charge on any atom is 0.0952 e. The average Bonchev–Trinajstić information content (AvgIpc) is 2.99. The van der Waals surface area contributed by atoms with Crippen molar-refractivity contribution in [3.05, 3.63) is 18.2 Å². The highest BCUT2D eigenvalue weighted by Crippen LogP contribution is 2.25. The van der Waals surface area contributed by atoms with Crippen LogP contribution in [0, 0.1) is 5.92 Å². The summed E-state index contributed by atoms with van der Waals surface area (Å²) >= 11 is 0. The van der Waals surface area contributed by atoms with Gasteiger partial charge in [-0.05, 0) is 18.8 Å². The van der Waals surface area contributed by atoms with E-state index in [2.05, 4.69) is 14.9 Å². The summed E-state index contributed by atoms with van der Waals surface area (Å²) in [5.41, 5.74) is 1.27. The molecular formula is C13H21N3O. The van der Waals surface area contributed by atoms with Crippen LogP contribution in [0.25, 0.3) is 0 Å². The van der Waals surface area contributed by atoms with E-state index in [1.807, 2.05) is 12.5 Å². The van der Waals surface area contributed by atoms with Crippen molar-refractivity contribution in [3.8, 4) is 0 Å². The van der Waals surface area contributed by atoms with Crippen LogP contribution in [0.2, 0.25) is 0 Å². The van der Waals surface area contributed by atoms with Crippen LogP contribution in [0.4, 0.5) is 0 Å². The Balaban J connectivity index is 1.49. The summed E-state index contributed by atoms with van der Waals surface area (Å²) in [4.78, 5) is 4.21. The van der Waals surface area contributed by atoms with Crippen molar-refractivity contribution in [1.29, 1.82) is 0 Å². The minimum atomic E-state index is 0.419. The Labute approximate surface area is 102 Å². The van der Waals surface area contributed by atoms with Crippen molar-refractivity contribution in [2.75, 3.05) is 19.8 Å². The minimum absolute atomic E-state index is 0.419. The standard InChI is InChI=1S/C13H21N3O/c1-2-4-11(3-1)8-17-9-13-7-14-5-12-6-15-10-16(12)13/h6,10-11,13-14H,1-5,7-9H2/t13-/m1/s1. The first-order valence-electron chi connectivity index (χ1n) is 6.72. The molecule has 1 fully saturated rings. The first kappa shape index (κ1) is 11.2. The monoisotopic (exact) mass is 235 g/mol. The molecule has 4 heteroatoms. The highest BCUT2D eigenvalue weighted by molar-refractivity contribution is 5.03. The van der Waals surface area contributed by atoms with Crippen molar-refractivity contribution in [3.63, 3.8) is 0 Å². The smallest absolute Gasteiger partial charge is 0.0952 e. The summed E-state index contributed by atoms with van der Waals surface area (Å²) in [6.45, 7) is 3.68. The molecule has 1 aromatic heterocycles. The van der Waals surface area contributed by atoms with E-state index in [1.54, 1.807) is 0 Å². The van der Waals surface area contributed by atoms with Gasteiger partial charge in [0.25, 0.3) is 0 Å². The Bertz CT molecular complexity index is 357. The largest absolute Gasteiger partial charge is 0.379 e. The molecule has 0 spiro atoms.